The molecule has 1 amide bonds. The summed E-state index contributed by atoms with van der Waals surface area (Å²) in [6, 6.07) is 10.1. The first-order valence-electron chi connectivity index (χ1n) is 12.6. The van der Waals surface area contributed by atoms with Gasteiger partial charge in [0, 0.05) is 42.3 Å². The maximum atomic E-state index is 15.5. The first-order valence-corrected chi connectivity index (χ1v) is 12.6. The number of piperidine rings is 1. The number of aryl methyl sites for hydroxylation is 1. The molecule has 5 heterocycles. The third-order valence-corrected chi connectivity index (χ3v) is 8.55. The molecule has 2 bridgehead atoms. The highest BCUT2D eigenvalue weighted by Gasteiger charge is 2.47. The Morgan fingerprint density at radius 3 is 2.86 bits per heavy atom. The maximum absolute atomic E-state index is 15.5. The molecule has 4 aromatic rings. The molecule has 7 nitrogen and oxygen atoms in total. The standard InChI is InChI=1S/C27H29FN6O/c1-3-18-11-30-20-6-4-5-15-10-22(34(18)26(15)20)24-14(2)25-19(28)9-17(13-33(25)31-24)27(35)32-12-16-7-8-21(32)23(16)29/h4-6,9-10,13,16,18,21,23,30H,3,7-8,11-12,29H2,1-2H3/t16-,18?,21-,23-/m1/s1. The Morgan fingerprint density at radius 1 is 1.26 bits per heavy atom. The van der Waals surface area contributed by atoms with Gasteiger partial charge in [0.05, 0.1) is 28.5 Å². The van der Waals surface area contributed by atoms with Gasteiger partial charge in [0.1, 0.15) is 17.0 Å². The van der Waals surface area contributed by atoms with Crippen LogP contribution in [0.2, 0.25) is 0 Å². The molecular weight excluding hydrogens is 443 g/mol. The Bertz CT molecular complexity index is 1520. The highest BCUT2D eigenvalue weighted by Crippen LogP contribution is 2.41. The third kappa shape index (κ3) is 2.80. The van der Waals surface area contributed by atoms with Gasteiger partial charge in [0.15, 0.2) is 0 Å². The molecule has 1 saturated carbocycles. The van der Waals surface area contributed by atoms with Crippen molar-refractivity contribution < 1.29 is 9.18 Å². The van der Waals surface area contributed by atoms with Crippen molar-refractivity contribution in [1.29, 1.82) is 0 Å². The number of aromatic nitrogens is 3. The Labute approximate surface area is 202 Å². The van der Waals surface area contributed by atoms with Crippen molar-refractivity contribution in [3.8, 4) is 11.4 Å². The molecule has 3 N–H and O–H groups in total. The van der Waals surface area contributed by atoms with Crippen molar-refractivity contribution in [3.05, 3.63) is 53.5 Å². The van der Waals surface area contributed by atoms with Crippen LogP contribution in [0.25, 0.3) is 27.8 Å². The lowest BCUT2D eigenvalue weighted by Gasteiger charge is -2.28. The van der Waals surface area contributed by atoms with Crippen LogP contribution >= 0.6 is 0 Å². The monoisotopic (exact) mass is 472 g/mol. The van der Waals surface area contributed by atoms with Gasteiger partial charge in [-0.2, -0.15) is 5.10 Å². The maximum Gasteiger partial charge on any atom is 0.255 e. The van der Waals surface area contributed by atoms with Gasteiger partial charge in [0.25, 0.3) is 5.91 Å². The smallest absolute Gasteiger partial charge is 0.255 e. The molecule has 180 valence electrons. The van der Waals surface area contributed by atoms with Crippen LogP contribution in [-0.4, -0.2) is 50.2 Å². The van der Waals surface area contributed by atoms with Gasteiger partial charge in [-0.05, 0) is 50.3 Å². The second kappa shape index (κ2) is 7.31. The van der Waals surface area contributed by atoms with Gasteiger partial charge in [-0.15, -0.1) is 0 Å². The molecule has 2 aliphatic heterocycles. The summed E-state index contributed by atoms with van der Waals surface area (Å²) >= 11 is 0. The van der Waals surface area contributed by atoms with Crippen LogP contribution in [0.4, 0.5) is 10.1 Å². The highest BCUT2D eigenvalue weighted by atomic mass is 19.1. The SMILES string of the molecule is CCC1CNc2cccc3cc(-c4nn5cc(C(=O)N6C[C@H]7CC[C@@H]6[C@@H]7N)cc(F)c5c4C)n1c23. The predicted octanol–water partition coefficient (Wildman–Crippen LogP) is 4.34. The molecule has 7 rings (SSSR count). The van der Waals surface area contributed by atoms with Gasteiger partial charge in [0.2, 0.25) is 0 Å². The Balaban J connectivity index is 1.36. The van der Waals surface area contributed by atoms with E-state index in [1.54, 1.807) is 10.7 Å². The lowest BCUT2D eigenvalue weighted by atomic mass is 10.1. The van der Waals surface area contributed by atoms with Crippen LogP contribution in [-0.2, 0) is 0 Å². The number of carbonyl (C=O) groups is 1. The zero-order valence-corrected chi connectivity index (χ0v) is 20.0. The van der Waals surface area contributed by atoms with E-state index in [1.165, 1.54) is 6.07 Å². The quantitative estimate of drug-likeness (QED) is 0.465. The molecule has 0 radical (unpaired) electrons. The van der Waals surface area contributed by atoms with Crippen molar-refractivity contribution in [2.24, 2.45) is 11.7 Å². The summed E-state index contributed by atoms with van der Waals surface area (Å²) in [5.74, 6) is -0.235. The van der Waals surface area contributed by atoms with Gasteiger partial charge in [-0.1, -0.05) is 19.1 Å². The van der Waals surface area contributed by atoms with E-state index in [0.29, 0.717) is 23.5 Å². The summed E-state index contributed by atoms with van der Waals surface area (Å²) in [5, 5.41) is 9.52. The van der Waals surface area contributed by atoms with Crippen LogP contribution in [0.3, 0.4) is 0 Å². The molecule has 3 aromatic heterocycles. The third-order valence-electron chi connectivity index (χ3n) is 8.55. The Kier molecular flexibility index (Phi) is 4.37. The number of pyridine rings is 1. The number of rotatable bonds is 3. The zero-order chi connectivity index (χ0) is 24.0. The molecule has 2 fully saturated rings. The first kappa shape index (κ1) is 20.9. The van der Waals surface area contributed by atoms with E-state index >= 15 is 4.39 Å². The number of amides is 1. The van der Waals surface area contributed by atoms with Crippen LogP contribution in [0, 0.1) is 18.7 Å². The van der Waals surface area contributed by atoms with Crippen LogP contribution in [0.1, 0.15) is 48.1 Å². The van der Waals surface area contributed by atoms with Gasteiger partial charge < -0.3 is 20.5 Å². The fourth-order valence-corrected chi connectivity index (χ4v) is 6.72. The van der Waals surface area contributed by atoms with Gasteiger partial charge in [-0.25, -0.2) is 8.91 Å². The van der Waals surface area contributed by atoms with Crippen molar-refractivity contribution in [3.63, 3.8) is 0 Å². The Hall–Kier alpha value is -3.39. The summed E-state index contributed by atoms with van der Waals surface area (Å²) in [6.07, 6.45) is 4.64. The number of likely N-dealkylation sites (tertiary alicyclic amines) is 1. The molecular formula is C27H29FN6O. The number of nitrogens with one attached hydrogen (secondary N) is 1. The average molecular weight is 473 g/mol. The van der Waals surface area contributed by atoms with Gasteiger partial charge >= 0.3 is 0 Å². The van der Waals surface area contributed by atoms with Crippen molar-refractivity contribution in [2.75, 3.05) is 18.4 Å². The molecule has 1 aliphatic carbocycles. The number of nitrogens with zero attached hydrogens (tertiary/aromatic N) is 4. The number of para-hydroxylation sites is 1. The van der Waals surface area contributed by atoms with E-state index in [4.69, 9.17) is 10.8 Å². The number of anilines is 1. The van der Waals surface area contributed by atoms with Crippen LogP contribution in [0.5, 0.6) is 0 Å². The van der Waals surface area contributed by atoms with E-state index in [9.17, 15) is 4.79 Å². The fraction of sp³-hybridized carbons (Fsp3) is 0.407. The summed E-state index contributed by atoms with van der Waals surface area (Å²) in [7, 11) is 0. The van der Waals surface area contributed by atoms with Crippen molar-refractivity contribution in [1.82, 2.24) is 19.1 Å². The number of fused-ring (bicyclic) bond motifs is 3. The number of hydrogen-bond acceptors (Lipinski definition) is 4. The molecule has 4 atom stereocenters. The summed E-state index contributed by atoms with van der Waals surface area (Å²) < 4.78 is 19.4. The molecule has 8 heteroatoms. The van der Waals surface area contributed by atoms with Crippen LogP contribution in [0.15, 0.2) is 36.5 Å². The second-order valence-electron chi connectivity index (χ2n) is 10.4. The summed E-state index contributed by atoms with van der Waals surface area (Å²) in [6.45, 7) is 5.59. The van der Waals surface area contributed by atoms with E-state index in [2.05, 4.69) is 41.1 Å². The van der Waals surface area contributed by atoms with E-state index in [-0.39, 0.29) is 24.0 Å². The molecule has 1 unspecified atom stereocenters. The van der Waals surface area contributed by atoms with E-state index in [0.717, 1.165) is 59.3 Å². The number of nitrogens with two attached hydrogens (primary N) is 1. The highest BCUT2D eigenvalue weighted by molar-refractivity contribution is 5.98. The Morgan fingerprint density at radius 2 is 2.11 bits per heavy atom. The van der Waals surface area contributed by atoms with Crippen molar-refractivity contribution in [2.45, 2.75) is 51.2 Å². The average Bonchev–Trinajstić information content (AvgIpc) is 3.60. The first-order chi connectivity index (χ1) is 17.0. The minimum absolute atomic E-state index is 0.0254. The zero-order valence-electron chi connectivity index (χ0n) is 20.0. The lowest BCUT2D eigenvalue weighted by molar-refractivity contribution is 0.0699. The minimum atomic E-state index is -0.426. The minimum Gasteiger partial charge on any atom is -0.381 e. The molecule has 0 spiro atoms. The molecule has 35 heavy (non-hydrogen) atoms. The normalized spacial score (nSPS) is 25.1. The largest absolute Gasteiger partial charge is 0.381 e. The summed E-state index contributed by atoms with van der Waals surface area (Å²) in [5.41, 5.74) is 11.8. The van der Waals surface area contributed by atoms with E-state index < -0.39 is 5.82 Å². The number of carbonyl (C=O) groups excluding carboxylic acids is 1. The predicted molar refractivity (Wildman–Crippen MR) is 134 cm³/mol. The lowest BCUT2D eigenvalue weighted by Crippen LogP contribution is -2.41. The summed E-state index contributed by atoms with van der Waals surface area (Å²) in [4.78, 5) is 15.2. The fourth-order valence-electron chi connectivity index (χ4n) is 6.72. The topological polar surface area (TPSA) is 80.6 Å². The number of halogens is 1. The number of hydrogen-bond donors (Lipinski definition) is 2. The second-order valence-corrected chi connectivity index (χ2v) is 10.4. The van der Waals surface area contributed by atoms with E-state index in [1.807, 2.05) is 11.8 Å². The molecule has 3 aliphatic rings. The number of benzene rings is 1. The van der Waals surface area contributed by atoms with Crippen molar-refractivity contribution >= 4 is 28.0 Å². The molecule has 1 aromatic carbocycles. The van der Waals surface area contributed by atoms with Gasteiger partial charge in [-0.3, -0.25) is 4.79 Å². The van der Waals surface area contributed by atoms with Crippen LogP contribution < -0.4 is 11.1 Å². The molecule has 1 saturated heterocycles.